The van der Waals surface area contributed by atoms with E-state index in [4.69, 9.17) is 16.3 Å². The van der Waals surface area contributed by atoms with Crippen LogP contribution < -0.4 is 10.9 Å². The van der Waals surface area contributed by atoms with Crippen LogP contribution in [0.5, 0.6) is 0 Å². The Morgan fingerprint density at radius 3 is 2.40 bits per heavy atom. The monoisotopic (exact) mass is 363 g/mol. The smallest absolute Gasteiger partial charge is 0.339 e. The number of methoxy groups -OCH3 is 1. The van der Waals surface area contributed by atoms with Gasteiger partial charge in [0.25, 0.3) is 11.8 Å². The lowest BCUT2D eigenvalue weighted by Crippen LogP contribution is -2.42. The molecule has 0 unspecified atom stereocenters. The van der Waals surface area contributed by atoms with Crippen LogP contribution in [0.2, 0.25) is 5.02 Å². The Morgan fingerprint density at radius 1 is 1.16 bits per heavy atom. The second kappa shape index (κ2) is 7.85. The third kappa shape index (κ3) is 3.83. The summed E-state index contributed by atoms with van der Waals surface area (Å²) in [6, 6.07) is 6.46. The molecule has 1 aromatic carbocycles. The van der Waals surface area contributed by atoms with Crippen LogP contribution in [0.25, 0.3) is 0 Å². The van der Waals surface area contributed by atoms with Gasteiger partial charge in [-0.2, -0.15) is 0 Å². The standard InChI is InChI=1S/C17H18ClN3O4/c1-4-12-13(17(24)25-3)9(2)14(19-12)16(23)21-20-15(22)10-7-5-6-8-11(10)18/h5-8,19H,4H2,1-3H3,(H,20,22)(H,21,23). The fraction of sp³-hybridized carbons (Fsp3) is 0.235. The van der Waals surface area contributed by atoms with Gasteiger partial charge in [0.05, 0.1) is 23.3 Å². The number of aromatic amines is 1. The van der Waals surface area contributed by atoms with Crippen molar-refractivity contribution in [2.24, 2.45) is 0 Å². The van der Waals surface area contributed by atoms with Crippen LogP contribution in [0, 0.1) is 6.92 Å². The van der Waals surface area contributed by atoms with Gasteiger partial charge < -0.3 is 9.72 Å². The molecule has 1 heterocycles. The molecule has 0 saturated heterocycles. The normalized spacial score (nSPS) is 10.2. The molecule has 0 aliphatic heterocycles. The molecule has 0 atom stereocenters. The zero-order valence-corrected chi connectivity index (χ0v) is 14.8. The van der Waals surface area contributed by atoms with Crippen molar-refractivity contribution in [1.82, 2.24) is 15.8 Å². The molecule has 2 aromatic rings. The number of aromatic nitrogens is 1. The average Bonchev–Trinajstić information content (AvgIpc) is 2.95. The van der Waals surface area contributed by atoms with Crippen molar-refractivity contribution in [3.8, 4) is 0 Å². The molecule has 0 aliphatic rings. The number of H-pyrrole nitrogens is 1. The molecule has 7 nitrogen and oxygen atoms in total. The third-order valence-electron chi connectivity index (χ3n) is 3.71. The van der Waals surface area contributed by atoms with E-state index in [0.717, 1.165) is 0 Å². The highest BCUT2D eigenvalue weighted by molar-refractivity contribution is 6.33. The summed E-state index contributed by atoms with van der Waals surface area (Å²) in [5, 5.41) is 0.270. The van der Waals surface area contributed by atoms with Crippen molar-refractivity contribution >= 4 is 29.4 Å². The number of amides is 2. The fourth-order valence-corrected chi connectivity index (χ4v) is 2.64. The highest BCUT2D eigenvalue weighted by Gasteiger charge is 2.24. The molecule has 2 rings (SSSR count). The van der Waals surface area contributed by atoms with Crippen LogP contribution in [0.1, 0.15) is 49.4 Å². The van der Waals surface area contributed by atoms with Crippen LogP contribution >= 0.6 is 11.6 Å². The van der Waals surface area contributed by atoms with Gasteiger partial charge in [-0.05, 0) is 31.0 Å². The van der Waals surface area contributed by atoms with E-state index in [1.54, 1.807) is 25.1 Å². The minimum atomic E-state index is -0.581. The quantitative estimate of drug-likeness (QED) is 0.573. The van der Waals surface area contributed by atoms with E-state index in [9.17, 15) is 14.4 Å². The van der Waals surface area contributed by atoms with E-state index >= 15 is 0 Å². The van der Waals surface area contributed by atoms with Gasteiger partial charge in [-0.25, -0.2) is 4.79 Å². The zero-order chi connectivity index (χ0) is 18.6. The molecular weight excluding hydrogens is 346 g/mol. The van der Waals surface area contributed by atoms with Gasteiger partial charge in [-0.1, -0.05) is 30.7 Å². The van der Waals surface area contributed by atoms with Crippen LogP contribution in [0.15, 0.2) is 24.3 Å². The maximum absolute atomic E-state index is 12.3. The summed E-state index contributed by atoms with van der Waals surface area (Å²) >= 11 is 5.94. The molecule has 0 radical (unpaired) electrons. The SMILES string of the molecule is CCc1[nH]c(C(=O)NNC(=O)c2ccccc2Cl)c(C)c1C(=O)OC. The lowest BCUT2D eigenvalue weighted by atomic mass is 10.1. The number of aryl methyl sites for hydroxylation is 1. The second-order valence-corrected chi connectivity index (χ2v) is 5.62. The van der Waals surface area contributed by atoms with Crippen molar-refractivity contribution in [3.05, 3.63) is 57.4 Å². The summed E-state index contributed by atoms with van der Waals surface area (Å²) in [6.07, 6.45) is 0.518. The number of rotatable bonds is 4. The lowest BCUT2D eigenvalue weighted by Gasteiger charge is -2.08. The van der Waals surface area contributed by atoms with Crippen LogP contribution in [-0.4, -0.2) is 29.9 Å². The van der Waals surface area contributed by atoms with Gasteiger partial charge in [0.15, 0.2) is 0 Å². The minimum absolute atomic E-state index is 0.178. The molecule has 0 spiro atoms. The van der Waals surface area contributed by atoms with E-state index < -0.39 is 17.8 Å². The van der Waals surface area contributed by atoms with E-state index in [1.807, 2.05) is 6.92 Å². The number of esters is 1. The molecule has 0 aliphatic carbocycles. The maximum Gasteiger partial charge on any atom is 0.339 e. The molecule has 0 fully saturated rings. The van der Waals surface area contributed by atoms with E-state index in [1.165, 1.54) is 13.2 Å². The Balaban J connectivity index is 2.16. The van der Waals surface area contributed by atoms with Gasteiger partial charge in [0.2, 0.25) is 0 Å². The largest absolute Gasteiger partial charge is 0.465 e. The minimum Gasteiger partial charge on any atom is -0.465 e. The van der Waals surface area contributed by atoms with E-state index in [-0.39, 0.29) is 16.3 Å². The Labute approximate surface area is 149 Å². The Morgan fingerprint density at radius 2 is 1.80 bits per heavy atom. The molecule has 0 saturated carbocycles. The summed E-state index contributed by atoms with van der Waals surface area (Å²) in [5.41, 5.74) is 6.38. The van der Waals surface area contributed by atoms with Crippen LogP contribution in [0.3, 0.4) is 0 Å². The predicted octanol–water partition coefficient (Wildman–Crippen LogP) is 2.40. The Hall–Kier alpha value is -2.80. The number of hydrazine groups is 1. The first kappa shape index (κ1) is 18.5. The average molecular weight is 364 g/mol. The molecule has 2 amide bonds. The summed E-state index contributed by atoms with van der Waals surface area (Å²) in [5.74, 6) is -1.65. The first-order valence-electron chi connectivity index (χ1n) is 7.55. The summed E-state index contributed by atoms with van der Waals surface area (Å²) in [6.45, 7) is 3.48. The number of benzene rings is 1. The van der Waals surface area contributed by atoms with Crippen LogP contribution in [-0.2, 0) is 11.2 Å². The van der Waals surface area contributed by atoms with Crippen molar-refractivity contribution < 1.29 is 19.1 Å². The molecule has 8 heteroatoms. The maximum atomic E-state index is 12.3. The number of hydrogen-bond acceptors (Lipinski definition) is 4. The Bertz CT molecular complexity index is 829. The highest BCUT2D eigenvalue weighted by Crippen LogP contribution is 2.20. The van der Waals surface area contributed by atoms with Crippen molar-refractivity contribution in [2.45, 2.75) is 20.3 Å². The Kier molecular flexibility index (Phi) is 5.82. The van der Waals surface area contributed by atoms with Crippen molar-refractivity contribution in [1.29, 1.82) is 0 Å². The summed E-state index contributed by atoms with van der Waals surface area (Å²) in [4.78, 5) is 39.2. The van der Waals surface area contributed by atoms with Gasteiger partial charge >= 0.3 is 5.97 Å². The zero-order valence-electron chi connectivity index (χ0n) is 14.0. The number of carbonyl (C=O) groups excluding carboxylic acids is 3. The number of hydrogen-bond donors (Lipinski definition) is 3. The van der Waals surface area contributed by atoms with E-state index in [2.05, 4.69) is 15.8 Å². The molecule has 1 aromatic heterocycles. The number of halogens is 1. The molecule has 25 heavy (non-hydrogen) atoms. The van der Waals surface area contributed by atoms with Gasteiger partial charge in [0.1, 0.15) is 5.69 Å². The lowest BCUT2D eigenvalue weighted by molar-refractivity contribution is 0.0598. The molecule has 132 valence electrons. The number of carbonyl (C=O) groups is 3. The van der Waals surface area contributed by atoms with Crippen LogP contribution in [0.4, 0.5) is 0 Å². The van der Waals surface area contributed by atoms with Gasteiger partial charge in [-0.15, -0.1) is 0 Å². The first-order valence-corrected chi connectivity index (χ1v) is 7.93. The highest BCUT2D eigenvalue weighted by atomic mass is 35.5. The molecular formula is C17H18ClN3O4. The predicted molar refractivity (Wildman–Crippen MR) is 92.6 cm³/mol. The van der Waals surface area contributed by atoms with Crippen molar-refractivity contribution in [3.63, 3.8) is 0 Å². The third-order valence-corrected chi connectivity index (χ3v) is 4.04. The summed E-state index contributed by atoms with van der Waals surface area (Å²) in [7, 11) is 1.28. The number of nitrogens with one attached hydrogen (secondary N) is 3. The second-order valence-electron chi connectivity index (χ2n) is 5.21. The summed E-state index contributed by atoms with van der Waals surface area (Å²) < 4.78 is 4.75. The van der Waals surface area contributed by atoms with Crippen molar-refractivity contribution in [2.75, 3.05) is 7.11 Å². The topological polar surface area (TPSA) is 100 Å². The van der Waals surface area contributed by atoms with Gasteiger partial charge in [-0.3, -0.25) is 20.4 Å². The fourth-order valence-electron chi connectivity index (χ4n) is 2.42. The molecule has 0 bridgehead atoms. The first-order chi connectivity index (χ1) is 11.9. The van der Waals surface area contributed by atoms with Gasteiger partial charge in [0, 0.05) is 5.69 Å². The van der Waals surface area contributed by atoms with E-state index in [0.29, 0.717) is 23.2 Å². The molecule has 3 N–H and O–H groups in total. The number of ether oxygens (including phenoxy) is 1.